The van der Waals surface area contributed by atoms with Crippen molar-refractivity contribution in [3.63, 3.8) is 0 Å². The van der Waals surface area contributed by atoms with Gasteiger partial charge in [-0.25, -0.2) is 9.59 Å². The molecule has 1 aliphatic rings. The van der Waals surface area contributed by atoms with Crippen molar-refractivity contribution < 1.29 is 19.8 Å². The predicted octanol–water partition coefficient (Wildman–Crippen LogP) is 0.700. The Morgan fingerprint density at radius 3 is 2.39 bits per heavy atom. The van der Waals surface area contributed by atoms with Gasteiger partial charge in [0.2, 0.25) is 0 Å². The zero-order valence-electron chi connectivity index (χ0n) is 10.9. The van der Waals surface area contributed by atoms with Crippen molar-refractivity contribution in [2.75, 3.05) is 6.54 Å². The second-order valence-electron chi connectivity index (χ2n) is 5.13. The Balaban J connectivity index is 2.35. The first-order valence-corrected chi connectivity index (χ1v) is 6.35. The van der Waals surface area contributed by atoms with Crippen LogP contribution in [-0.2, 0) is 4.79 Å². The number of rotatable bonds is 7. The van der Waals surface area contributed by atoms with E-state index in [9.17, 15) is 14.7 Å². The minimum absolute atomic E-state index is 0.218. The molecule has 6 nitrogen and oxygen atoms in total. The molecule has 0 unspecified atom stereocenters. The molecule has 0 aliphatic heterocycles. The molecule has 1 saturated carbocycles. The van der Waals surface area contributed by atoms with Gasteiger partial charge in [0.15, 0.2) is 6.04 Å². The van der Waals surface area contributed by atoms with Crippen LogP contribution in [0.1, 0.15) is 39.5 Å². The normalized spacial score (nSPS) is 19.7. The number of carbonyl (C=O) groups is 2. The molecule has 18 heavy (non-hydrogen) atoms. The molecule has 0 aromatic rings. The summed E-state index contributed by atoms with van der Waals surface area (Å²) in [4.78, 5) is 22.3. The predicted molar refractivity (Wildman–Crippen MR) is 66.2 cm³/mol. The highest BCUT2D eigenvalue weighted by molar-refractivity contribution is 5.82. The quantitative estimate of drug-likeness (QED) is 0.540. The van der Waals surface area contributed by atoms with E-state index in [4.69, 9.17) is 5.11 Å². The van der Waals surface area contributed by atoms with Gasteiger partial charge in [0.25, 0.3) is 0 Å². The maximum Gasteiger partial charge on any atom is 0.328 e. The molecule has 2 amide bonds. The first kappa shape index (κ1) is 14.8. The molecule has 0 aromatic carbocycles. The SMILES string of the molecule is CCCC1(CNC(=O)N[C@H](C(=O)O)[C@@H](C)O)CC1. The third kappa shape index (κ3) is 4.18. The number of aliphatic hydroxyl groups excluding tert-OH is 1. The van der Waals surface area contributed by atoms with Crippen LogP contribution in [0.5, 0.6) is 0 Å². The van der Waals surface area contributed by atoms with Gasteiger partial charge in [0.05, 0.1) is 6.10 Å². The molecule has 1 fully saturated rings. The van der Waals surface area contributed by atoms with Gasteiger partial charge in [0, 0.05) is 6.54 Å². The topological polar surface area (TPSA) is 98.7 Å². The molecule has 0 saturated heterocycles. The lowest BCUT2D eigenvalue weighted by Gasteiger charge is -2.19. The van der Waals surface area contributed by atoms with Crippen molar-refractivity contribution in [2.24, 2.45) is 5.41 Å². The van der Waals surface area contributed by atoms with Crippen molar-refractivity contribution in [1.29, 1.82) is 0 Å². The van der Waals surface area contributed by atoms with Gasteiger partial charge < -0.3 is 20.8 Å². The van der Waals surface area contributed by atoms with Crippen LogP contribution in [0.2, 0.25) is 0 Å². The number of nitrogens with one attached hydrogen (secondary N) is 2. The fraction of sp³-hybridized carbons (Fsp3) is 0.833. The molecule has 6 heteroatoms. The van der Waals surface area contributed by atoms with Crippen LogP contribution in [0, 0.1) is 5.41 Å². The molecule has 1 rings (SSSR count). The lowest BCUT2D eigenvalue weighted by atomic mass is 10.0. The van der Waals surface area contributed by atoms with E-state index in [0.717, 1.165) is 25.7 Å². The largest absolute Gasteiger partial charge is 0.480 e. The summed E-state index contributed by atoms with van der Waals surface area (Å²) in [6.07, 6.45) is 3.25. The van der Waals surface area contributed by atoms with E-state index < -0.39 is 24.1 Å². The van der Waals surface area contributed by atoms with Gasteiger partial charge in [-0.2, -0.15) is 0 Å². The number of carboxylic acids is 1. The van der Waals surface area contributed by atoms with Crippen molar-refractivity contribution in [3.05, 3.63) is 0 Å². The zero-order valence-corrected chi connectivity index (χ0v) is 10.9. The average molecular weight is 258 g/mol. The summed E-state index contributed by atoms with van der Waals surface area (Å²) in [6.45, 7) is 4.01. The number of aliphatic hydroxyl groups is 1. The maximum absolute atomic E-state index is 11.5. The summed E-state index contributed by atoms with van der Waals surface area (Å²) in [5.74, 6) is -1.24. The first-order valence-electron chi connectivity index (χ1n) is 6.35. The summed E-state index contributed by atoms with van der Waals surface area (Å²) in [7, 11) is 0. The van der Waals surface area contributed by atoms with Crippen LogP contribution in [0.15, 0.2) is 0 Å². The molecule has 0 aromatic heterocycles. The maximum atomic E-state index is 11.5. The summed E-state index contributed by atoms with van der Waals surface area (Å²) < 4.78 is 0. The van der Waals surface area contributed by atoms with E-state index in [1.807, 2.05) is 0 Å². The van der Waals surface area contributed by atoms with Crippen molar-refractivity contribution >= 4 is 12.0 Å². The molecular formula is C12H22N2O4. The van der Waals surface area contributed by atoms with Gasteiger partial charge in [0.1, 0.15) is 0 Å². The Morgan fingerprint density at radius 1 is 1.39 bits per heavy atom. The number of hydrogen-bond acceptors (Lipinski definition) is 3. The van der Waals surface area contributed by atoms with Crippen molar-refractivity contribution in [3.8, 4) is 0 Å². The molecule has 0 bridgehead atoms. The zero-order chi connectivity index (χ0) is 13.8. The third-order valence-electron chi connectivity index (χ3n) is 3.40. The van der Waals surface area contributed by atoms with E-state index in [0.29, 0.717) is 6.54 Å². The minimum atomic E-state index is -1.27. The number of carbonyl (C=O) groups excluding carboxylic acids is 1. The molecule has 104 valence electrons. The van der Waals surface area contributed by atoms with Crippen LogP contribution >= 0.6 is 0 Å². The second kappa shape index (κ2) is 6.04. The highest BCUT2D eigenvalue weighted by Crippen LogP contribution is 2.48. The molecule has 0 heterocycles. The Bertz CT molecular complexity index is 313. The molecule has 2 atom stereocenters. The van der Waals surface area contributed by atoms with Crippen LogP contribution in [0.25, 0.3) is 0 Å². The minimum Gasteiger partial charge on any atom is -0.480 e. The summed E-state index contributed by atoms with van der Waals surface area (Å²) >= 11 is 0. The van der Waals surface area contributed by atoms with Gasteiger partial charge in [-0.15, -0.1) is 0 Å². The monoisotopic (exact) mass is 258 g/mol. The number of hydrogen-bond donors (Lipinski definition) is 4. The van der Waals surface area contributed by atoms with Gasteiger partial charge in [-0.05, 0) is 31.6 Å². The number of carboxylic acid groups (broad SMARTS) is 1. The Hall–Kier alpha value is -1.30. The standard InChI is InChI=1S/C12H22N2O4/c1-3-4-12(5-6-12)7-13-11(18)14-9(8(2)15)10(16)17/h8-9,15H,3-7H2,1-2H3,(H,16,17)(H2,13,14,18)/t8-,9+/m1/s1. The van der Waals surface area contributed by atoms with Gasteiger partial charge >= 0.3 is 12.0 Å². The van der Waals surface area contributed by atoms with E-state index in [-0.39, 0.29) is 5.41 Å². The number of aliphatic carboxylic acids is 1. The van der Waals surface area contributed by atoms with Crippen LogP contribution < -0.4 is 10.6 Å². The average Bonchev–Trinajstić information content (AvgIpc) is 3.03. The van der Waals surface area contributed by atoms with Gasteiger partial charge in [-0.1, -0.05) is 13.3 Å². The molecule has 4 N–H and O–H groups in total. The highest BCUT2D eigenvalue weighted by atomic mass is 16.4. The summed E-state index contributed by atoms with van der Waals surface area (Å²) in [5, 5.41) is 23.0. The van der Waals surface area contributed by atoms with Gasteiger partial charge in [-0.3, -0.25) is 0 Å². The van der Waals surface area contributed by atoms with E-state index >= 15 is 0 Å². The Morgan fingerprint density at radius 2 is 2.00 bits per heavy atom. The van der Waals surface area contributed by atoms with Crippen LogP contribution in [0.3, 0.4) is 0 Å². The number of amides is 2. The van der Waals surface area contributed by atoms with E-state index in [2.05, 4.69) is 17.6 Å². The molecule has 1 aliphatic carbocycles. The number of urea groups is 1. The summed E-state index contributed by atoms with van der Waals surface area (Å²) in [5.41, 5.74) is 0.218. The second-order valence-corrected chi connectivity index (χ2v) is 5.13. The molecule has 0 radical (unpaired) electrons. The first-order chi connectivity index (χ1) is 8.40. The van der Waals surface area contributed by atoms with Crippen LogP contribution in [-0.4, -0.2) is 40.9 Å². The molecule has 0 spiro atoms. The fourth-order valence-electron chi connectivity index (χ4n) is 2.07. The highest BCUT2D eigenvalue weighted by Gasteiger charge is 2.41. The Labute approximate surface area is 107 Å². The van der Waals surface area contributed by atoms with Crippen LogP contribution in [0.4, 0.5) is 4.79 Å². The lowest BCUT2D eigenvalue weighted by molar-refractivity contribution is -0.141. The van der Waals surface area contributed by atoms with Crippen molar-refractivity contribution in [2.45, 2.75) is 51.7 Å². The third-order valence-corrected chi connectivity index (χ3v) is 3.40. The fourth-order valence-corrected chi connectivity index (χ4v) is 2.07. The van der Waals surface area contributed by atoms with E-state index in [1.54, 1.807) is 0 Å². The lowest BCUT2D eigenvalue weighted by Crippen LogP contribution is -2.51. The summed E-state index contributed by atoms with van der Waals surface area (Å²) in [6, 6.07) is -1.81. The van der Waals surface area contributed by atoms with Crippen molar-refractivity contribution in [1.82, 2.24) is 10.6 Å². The smallest absolute Gasteiger partial charge is 0.328 e. The molecular weight excluding hydrogens is 236 g/mol. The Kier molecular flexibility index (Phi) is 4.95. The van der Waals surface area contributed by atoms with E-state index in [1.165, 1.54) is 6.92 Å².